The van der Waals surface area contributed by atoms with Gasteiger partial charge in [0.15, 0.2) is 0 Å². The summed E-state index contributed by atoms with van der Waals surface area (Å²) < 4.78 is 0. The first kappa shape index (κ1) is 10.5. The summed E-state index contributed by atoms with van der Waals surface area (Å²) in [5.41, 5.74) is 0. The van der Waals surface area contributed by atoms with Gasteiger partial charge in [0, 0.05) is 6.04 Å². The number of aliphatic carboxylic acids is 1. The monoisotopic (exact) mass is 185 g/mol. The summed E-state index contributed by atoms with van der Waals surface area (Å²) in [6.07, 6.45) is 3.98. The van der Waals surface area contributed by atoms with Crippen molar-refractivity contribution in [2.24, 2.45) is 5.92 Å². The van der Waals surface area contributed by atoms with Crippen molar-refractivity contribution in [1.29, 1.82) is 0 Å². The van der Waals surface area contributed by atoms with Gasteiger partial charge in [0.2, 0.25) is 0 Å². The van der Waals surface area contributed by atoms with Crippen molar-refractivity contribution in [2.45, 2.75) is 51.6 Å². The van der Waals surface area contributed by atoms with Gasteiger partial charge >= 0.3 is 5.97 Å². The third-order valence-electron chi connectivity index (χ3n) is 2.74. The van der Waals surface area contributed by atoms with Crippen LogP contribution in [0.4, 0.5) is 0 Å². The van der Waals surface area contributed by atoms with Crippen LogP contribution >= 0.6 is 0 Å². The Morgan fingerprint density at radius 1 is 1.62 bits per heavy atom. The van der Waals surface area contributed by atoms with E-state index in [1.54, 1.807) is 0 Å². The van der Waals surface area contributed by atoms with Crippen molar-refractivity contribution in [3.63, 3.8) is 0 Å². The molecule has 1 saturated carbocycles. The Morgan fingerprint density at radius 3 is 2.69 bits per heavy atom. The molecule has 76 valence electrons. The van der Waals surface area contributed by atoms with Gasteiger partial charge in [-0.25, -0.2) is 0 Å². The average Bonchev–Trinajstić information content (AvgIpc) is 2.82. The minimum absolute atomic E-state index is 0.327. The molecular weight excluding hydrogens is 166 g/mol. The fraction of sp³-hybridized carbons (Fsp3) is 0.900. The third kappa shape index (κ3) is 2.99. The maximum atomic E-state index is 10.8. The van der Waals surface area contributed by atoms with E-state index in [2.05, 4.69) is 12.2 Å². The molecule has 0 heterocycles. The van der Waals surface area contributed by atoms with E-state index in [0.29, 0.717) is 6.04 Å². The van der Waals surface area contributed by atoms with Gasteiger partial charge in [0.05, 0.1) is 0 Å². The van der Waals surface area contributed by atoms with Gasteiger partial charge in [-0.05, 0) is 18.8 Å². The van der Waals surface area contributed by atoms with E-state index in [1.807, 2.05) is 6.92 Å². The molecule has 0 aromatic carbocycles. The highest BCUT2D eigenvalue weighted by atomic mass is 16.4. The van der Waals surface area contributed by atoms with Crippen LogP contribution in [0, 0.1) is 5.92 Å². The zero-order chi connectivity index (χ0) is 9.84. The van der Waals surface area contributed by atoms with Crippen LogP contribution in [0.3, 0.4) is 0 Å². The van der Waals surface area contributed by atoms with E-state index in [9.17, 15) is 4.79 Å². The van der Waals surface area contributed by atoms with Crippen LogP contribution in [0.5, 0.6) is 0 Å². The molecule has 1 fully saturated rings. The minimum atomic E-state index is -0.705. The molecule has 0 radical (unpaired) electrons. The number of carboxylic acid groups (broad SMARTS) is 1. The Balaban J connectivity index is 2.27. The quantitative estimate of drug-likeness (QED) is 0.661. The Kier molecular flexibility index (Phi) is 3.72. The molecular formula is C10H19NO2. The molecule has 0 aromatic heterocycles. The molecule has 3 atom stereocenters. The van der Waals surface area contributed by atoms with E-state index >= 15 is 0 Å². The van der Waals surface area contributed by atoms with Gasteiger partial charge in [0.25, 0.3) is 0 Å². The van der Waals surface area contributed by atoms with Crippen molar-refractivity contribution in [2.75, 3.05) is 0 Å². The van der Waals surface area contributed by atoms with Crippen LogP contribution in [0.2, 0.25) is 0 Å². The summed E-state index contributed by atoms with van der Waals surface area (Å²) in [4.78, 5) is 10.8. The van der Waals surface area contributed by atoms with E-state index in [0.717, 1.165) is 31.6 Å². The van der Waals surface area contributed by atoms with Crippen LogP contribution < -0.4 is 5.32 Å². The first-order valence-corrected chi connectivity index (χ1v) is 5.17. The molecule has 0 aliphatic heterocycles. The van der Waals surface area contributed by atoms with Crippen molar-refractivity contribution in [1.82, 2.24) is 5.32 Å². The minimum Gasteiger partial charge on any atom is -0.480 e. The van der Waals surface area contributed by atoms with Crippen molar-refractivity contribution in [3.8, 4) is 0 Å². The molecule has 3 unspecified atom stereocenters. The van der Waals surface area contributed by atoms with Crippen molar-refractivity contribution in [3.05, 3.63) is 0 Å². The highest BCUT2D eigenvalue weighted by Gasteiger charge is 2.37. The Labute approximate surface area is 79.5 Å². The molecule has 0 saturated heterocycles. The molecule has 13 heavy (non-hydrogen) atoms. The van der Waals surface area contributed by atoms with Gasteiger partial charge in [0.1, 0.15) is 6.04 Å². The summed E-state index contributed by atoms with van der Waals surface area (Å²) in [7, 11) is 0. The predicted octanol–water partition coefficient (Wildman–Crippen LogP) is 1.63. The fourth-order valence-electron chi connectivity index (χ4n) is 1.73. The summed E-state index contributed by atoms with van der Waals surface area (Å²) >= 11 is 0. The maximum absolute atomic E-state index is 10.8. The van der Waals surface area contributed by atoms with Gasteiger partial charge in [-0.3, -0.25) is 4.79 Å². The number of rotatable bonds is 6. The van der Waals surface area contributed by atoms with E-state index in [-0.39, 0.29) is 6.04 Å². The molecule has 0 amide bonds. The molecule has 3 nitrogen and oxygen atoms in total. The first-order valence-electron chi connectivity index (χ1n) is 5.17. The lowest BCUT2D eigenvalue weighted by Gasteiger charge is -2.12. The molecule has 1 rings (SSSR count). The van der Waals surface area contributed by atoms with Crippen molar-refractivity contribution >= 4 is 5.97 Å². The summed E-state index contributed by atoms with van der Waals surface area (Å²) in [5, 5.41) is 12.1. The molecule has 0 aromatic rings. The second-order valence-electron chi connectivity index (χ2n) is 3.86. The zero-order valence-corrected chi connectivity index (χ0v) is 8.42. The lowest BCUT2D eigenvalue weighted by atomic mass is 10.1. The first-order chi connectivity index (χ1) is 6.19. The number of carboxylic acids is 1. The fourth-order valence-corrected chi connectivity index (χ4v) is 1.73. The summed E-state index contributed by atoms with van der Waals surface area (Å²) in [6.45, 7) is 4.17. The Hall–Kier alpha value is -0.570. The standard InChI is InChI=1S/C10H19NO2/c1-3-5-8(10(12)13)11-9-6-7(9)4-2/h7-9,11H,3-6H2,1-2H3,(H,12,13). The molecule has 0 bridgehead atoms. The normalized spacial score (nSPS) is 28.5. The van der Waals surface area contributed by atoms with E-state index in [1.165, 1.54) is 0 Å². The van der Waals surface area contributed by atoms with E-state index in [4.69, 9.17) is 5.11 Å². The van der Waals surface area contributed by atoms with Gasteiger partial charge in [-0.2, -0.15) is 0 Å². The molecule has 2 N–H and O–H groups in total. The summed E-state index contributed by atoms with van der Waals surface area (Å²) in [6, 6.07) is 0.143. The lowest BCUT2D eigenvalue weighted by Crippen LogP contribution is -2.38. The van der Waals surface area contributed by atoms with Crippen LogP contribution in [0.15, 0.2) is 0 Å². The Bertz CT molecular complexity index is 182. The highest BCUT2D eigenvalue weighted by Crippen LogP contribution is 2.33. The van der Waals surface area contributed by atoms with Crippen LogP contribution in [-0.4, -0.2) is 23.2 Å². The molecule has 3 heteroatoms. The number of hydrogen-bond donors (Lipinski definition) is 2. The number of nitrogens with one attached hydrogen (secondary N) is 1. The van der Waals surface area contributed by atoms with Crippen LogP contribution in [0.25, 0.3) is 0 Å². The number of hydrogen-bond acceptors (Lipinski definition) is 2. The number of carbonyl (C=O) groups is 1. The topological polar surface area (TPSA) is 49.3 Å². The van der Waals surface area contributed by atoms with Gasteiger partial charge < -0.3 is 10.4 Å². The smallest absolute Gasteiger partial charge is 0.320 e. The molecule has 1 aliphatic rings. The van der Waals surface area contributed by atoms with Gasteiger partial charge in [-0.15, -0.1) is 0 Å². The summed E-state index contributed by atoms with van der Waals surface area (Å²) in [5.74, 6) is 0.0160. The second kappa shape index (κ2) is 4.61. The largest absolute Gasteiger partial charge is 0.480 e. The third-order valence-corrected chi connectivity index (χ3v) is 2.74. The molecule has 0 spiro atoms. The lowest BCUT2D eigenvalue weighted by molar-refractivity contribution is -0.139. The van der Waals surface area contributed by atoms with Crippen LogP contribution in [-0.2, 0) is 4.79 Å². The SMILES string of the molecule is CCCC(NC1CC1CC)C(=O)O. The predicted molar refractivity (Wildman–Crippen MR) is 51.7 cm³/mol. The highest BCUT2D eigenvalue weighted by molar-refractivity contribution is 5.73. The van der Waals surface area contributed by atoms with Crippen molar-refractivity contribution < 1.29 is 9.90 Å². The molecule has 1 aliphatic carbocycles. The van der Waals surface area contributed by atoms with Gasteiger partial charge in [-0.1, -0.05) is 26.7 Å². The zero-order valence-electron chi connectivity index (χ0n) is 8.42. The van der Waals surface area contributed by atoms with E-state index < -0.39 is 5.97 Å². The second-order valence-corrected chi connectivity index (χ2v) is 3.86. The average molecular weight is 185 g/mol. The maximum Gasteiger partial charge on any atom is 0.320 e. The Morgan fingerprint density at radius 2 is 2.31 bits per heavy atom. The van der Waals surface area contributed by atoms with Crippen LogP contribution in [0.1, 0.15) is 39.5 Å².